The number of aromatic nitrogens is 1. The first kappa shape index (κ1) is 21.8. The molecule has 0 aliphatic carbocycles. The largest absolute Gasteiger partial charge is 0.376 e. The van der Waals surface area contributed by atoms with Crippen molar-refractivity contribution in [3.63, 3.8) is 0 Å². The Hall–Kier alpha value is -2.41. The summed E-state index contributed by atoms with van der Waals surface area (Å²) in [5, 5.41) is 5.55. The number of fused-ring (bicyclic) bond motifs is 1. The number of nitrogens with one attached hydrogen (secondary N) is 2. The Bertz CT molecular complexity index is 1130. The van der Waals surface area contributed by atoms with E-state index < -0.39 is 0 Å². The smallest absolute Gasteiger partial charge is 0.253 e. The summed E-state index contributed by atoms with van der Waals surface area (Å²) in [4.78, 5) is 17.8. The summed E-state index contributed by atoms with van der Waals surface area (Å²) in [6.07, 6.45) is 2.32. The Labute approximate surface area is 192 Å². The fourth-order valence-electron chi connectivity index (χ4n) is 3.83. The number of thiocarbonyl (C=S) groups is 1. The molecular weight excluding hydrogens is 430 g/mol. The number of pyridine rings is 1. The topological polar surface area (TPSA) is 57.4 Å². The van der Waals surface area contributed by atoms with Crippen LogP contribution in [0.25, 0.3) is 10.9 Å². The average molecular weight is 456 g/mol. The van der Waals surface area contributed by atoms with E-state index in [9.17, 15) is 4.79 Å². The molecular formula is C24H26ClN3O2S. The molecule has 2 aromatic carbocycles. The van der Waals surface area contributed by atoms with Crippen molar-refractivity contribution in [2.45, 2.75) is 39.0 Å². The molecule has 0 spiro atoms. The molecule has 4 rings (SSSR count). The third-order valence-electron chi connectivity index (χ3n) is 5.57. The molecule has 162 valence electrons. The van der Waals surface area contributed by atoms with E-state index in [-0.39, 0.29) is 11.7 Å². The minimum Gasteiger partial charge on any atom is -0.376 e. The van der Waals surface area contributed by atoms with Crippen molar-refractivity contribution in [2.75, 3.05) is 13.2 Å². The SMILES string of the molecule is Cc1cc2cc(CN(Cc3ccccc3)C(=S)NC[C@H]3CCCO3)c(=O)[nH]c2cc1Cl. The molecule has 2 heterocycles. The number of nitrogens with zero attached hydrogens (tertiary/aromatic N) is 1. The molecule has 1 aliphatic rings. The van der Waals surface area contributed by atoms with Crippen LogP contribution in [-0.4, -0.2) is 34.3 Å². The van der Waals surface area contributed by atoms with Crippen molar-refractivity contribution in [3.05, 3.63) is 80.6 Å². The van der Waals surface area contributed by atoms with Gasteiger partial charge in [0, 0.05) is 35.8 Å². The number of halogens is 1. The van der Waals surface area contributed by atoms with Crippen LogP contribution in [0.3, 0.4) is 0 Å². The quantitative estimate of drug-likeness (QED) is 0.534. The van der Waals surface area contributed by atoms with Crippen LogP contribution in [0, 0.1) is 6.92 Å². The van der Waals surface area contributed by atoms with Gasteiger partial charge in [-0.2, -0.15) is 0 Å². The number of H-pyrrole nitrogens is 1. The predicted octanol–water partition coefficient (Wildman–Crippen LogP) is 4.55. The summed E-state index contributed by atoms with van der Waals surface area (Å²) >= 11 is 11.9. The summed E-state index contributed by atoms with van der Waals surface area (Å²) in [5.41, 5.74) is 3.36. The number of benzene rings is 2. The second kappa shape index (κ2) is 9.81. The zero-order valence-electron chi connectivity index (χ0n) is 17.5. The average Bonchev–Trinajstić information content (AvgIpc) is 3.28. The second-order valence-electron chi connectivity index (χ2n) is 7.98. The van der Waals surface area contributed by atoms with E-state index in [4.69, 9.17) is 28.6 Å². The molecule has 1 fully saturated rings. The highest BCUT2D eigenvalue weighted by Gasteiger charge is 2.18. The van der Waals surface area contributed by atoms with Gasteiger partial charge < -0.3 is 19.9 Å². The van der Waals surface area contributed by atoms with E-state index in [0.717, 1.165) is 41.5 Å². The summed E-state index contributed by atoms with van der Waals surface area (Å²) < 4.78 is 5.70. The van der Waals surface area contributed by atoms with E-state index in [1.54, 1.807) is 6.07 Å². The molecule has 0 bridgehead atoms. The lowest BCUT2D eigenvalue weighted by Gasteiger charge is -2.27. The van der Waals surface area contributed by atoms with Gasteiger partial charge in [-0.05, 0) is 66.7 Å². The Morgan fingerprint density at radius 2 is 2.06 bits per heavy atom. The zero-order valence-corrected chi connectivity index (χ0v) is 19.1. The highest BCUT2D eigenvalue weighted by molar-refractivity contribution is 7.80. The van der Waals surface area contributed by atoms with Gasteiger partial charge >= 0.3 is 0 Å². The lowest BCUT2D eigenvalue weighted by Crippen LogP contribution is -2.42. The lowest BCUT2D eigenvalue weighted by molar-refractivity contribution is 0.113. The molecule has 5 nitrogen and oxygen atoms in total. The molecule has 31 heavy (non-hydrogen) atoms. The van der Waals surface area contributed by atoms with Gasteiger partial charge in [-0.1, -0.05) is 41.9 Å². The third kappa shape index (κ3) is 5.45. The normalized spacial score (nSPS) is 15.9. The van der Waals surface area contributed by atoms with Crippen molar-refractivity contribution in [3.8, 4) is 0 Å². The number of hydrogen-bond donors (Lipinski definition) is 2. The highest BCUT2D eigenvalue weighted by Crippen LogP contribution is 2.22. The first-order valence-corrected chi connectivity index (χ1v) is 11.3. The van der Waals surface area contributed by atoms with Gasteiger partial charge in [0.2, 0.25) is 0 Å². The summed E-state index contributed by atoms with van der Waals surface area (Å²) in [6.45, 7) is 4.45. The molecule has 2 N–H and O–H groups in total. The monoisotopic (exact) mass is 455 g/mol. The lowest BCUT2D eigenvalue weighted by atomic mass is 10.1. The molecule has 7 heteroatoms. The Kier molecular flexibility index (Phi) is 6.90. The van der Waals surface area contributed by atoms with Crippen molar-refractivity contribution in [1.82, 2.24) is 15.2 Å². The number of ether oxygens (including phenoxy) is 1. The van der Waals surface area contributed by atoms with Gasteiger partial charge in [0.15, 0.2) is 5.11 Å². The first-order chi connectivity index (χ1) is 15.0. The van der Waals surface area contributed by atoms with Gasteiger partial charge in [0.25, 0.3) is 5.56 Å². The molecule has 1 atom stereocenters. The number of hydrogen-bond acceptors (Lipinski definition) is 3. The molecule has 0 saturated carbocycles. The molecule has 1 aliphatic heterocycles. The van der Waals surface area contributed by atoms with Crippen LogP contribution in [0.5, 0.6) is 0 Å². The van der Waals surface area contributed by atoms with Crippen LogP contribution in [0.1, 0.15) is 29.5 Å². The molecule has 1 aromatic heterocycles. The molecule has 1 saturated heterocycles. The third-order valence-corrected chi connectivity index (χ3v) is 6.38. The van der Waals surface area contributed by atoms with Crippen molar-refractivity contribution < 1.29 is 4.74 Å². The van der Waals surface area contributed by atoms with E-state index in [2.05, 4.69) is 22.4 Å². The first-order valence-electron chi connectivity index (χ1n) is 10.5. The van der Waals surface area contributed by atoms with Gasteiger partial charge in [0.05, 0.1) is 12.6 Å². The van der Waals surface area contributed by atoms with Gasteiger partial charge in [0.1, 0.15) is 0 Å². The minimum absolute atomic E-state index is 0.132. The van der Waals surface area contributed by atoms with Gasteiger partial charge in [-0.15, -0.1) is 0 Å². The summed E-state index contributed by atoms with van der Waals surface area (Å²) in [6, 6.07) is 15.8. The van der Waals surface area contributed by atoms with Crippen LogP contribution < -0.4 is 10.9 Å². The molecule has 0 amide bonds. The van der Waals surface area contributed by atoms with Crippen molar-refractivity contribution >= 4 is 39.8 Å². The number of aryl methyl sites for hydroxylation is 1. The van der Waals surface area contributed by atoms with E-state index in [1.807, 2.05) is 42.2 Å². The van der Waals surface area contributed by atoms with E-state index in [0.29, 0.717) is 35.3 Å². The van der Waals surface area contributed by atoms with Gasteiger partial charge in [-0.3, -0.25) is 4.79 Å². The minimum atomic E-state index is -0.132. The summed E-state index contributed by atoms with van der Waals surface area (Å²) in [7, 11) is 0. The molecule has 3 aromatic rings. The maximum atomic E-state index is 12.8. The maximum absolute atomic E-state index is 12.8. The summed E-state index contributed by atoms with van der Waals surface area (Å²) in [5.74, 6) is 0. The molecule has 0 radical (unpaired) electrons. The van der Waals surface area contributed by atoms with Crippen LogP contribution in [-0.2, 0) is 17.8 Å². The van der Waals surface area contributed by atoms with E-state index in [1.165, 1.54) is 0 Å². The fraction of sp³-hybridized carbons (Fsp3) is 0.333. The van der Waals surface area contributed by atoms with Crippen molar-refractivity contribution in [2.24, 2.45) is 0 Å². The Morgan fingerprint density at radius 3 is 2.81 bits per heavy atom. The Balaban J connectivity index is 1.58. The Morgan fingerprint density at radius 1 is 1.26 bits per heavy atom. The number of aromatic amines is 1. The van der Waals surface area contributed by atoms with Crippen LogP contribution in [0.15, 0.2) is 53.3 Å². The molecule has 0 unspecified atom stereocenters. The fourth-order valence-corrected chi connectivity index (χ4v) is 4.21. The highest BCUT2D eigenvalue weighted by atomic mass is 35.5. The predicted molar refractivity (Wildman–Crippen MR) is 130 cm³/mol. The second-order valence-corrected chi connectivity index (χ2v) is 8.77. The maximum Gasteiger partial charge on any atom is 0.253 e. The zero-order chi connectivity index (χ0) is 21.8. The standard InChI is InChI=1S/C24H26ClN3O2S/c1-16-10-18-11-19(23(29)27-22(18)12-21(16)25)15-28(14-17-6-3-2-4-7-17)24(31)26-13-20-8-5-9-30-20/h2-4,6-7,10-12,20H,5,8-9,13-15H2,1H3,(H,26,31)(H,27,29)/t20-/m1/s1. The van der Waals surface area contributed by atoms with Crippen molar-refractivity contribution in [1.29, 1.82) is 0 Å². The van der Waals surface area contributed by atoms with Crippen LogP contribution >= 0.6 is 23.8 Å². The van der Waals surface area contributed by atoms with Crippen LogP contribution in [0.4, 0.5) is 0 Å². The van der Waals surface area contributed by atoms with E-state index >= 15 is 0 Å². The number of rotatable bonds is 6. The van der Waals surface area contributed by atoms with Crippen LogP contribution in [0.2, 0.25) is 5.02 Å². The van der Waals surface area contributed by atoms with Gasteiger partial charge in [-0.25, -0.2) is 0 Å².